The van der Waals surface area contributed by atoms with Crippen LogP contribution >= 0.6 is 0 Å². The first kappa shape index (κ1) is 14.1. The maximum Gasteiger partial charge on any atom is 0.243 e. The Morgan fingerprint density at radius 1 is 1.27 bits per heavy atom. The lowest BCUT2D eigenvalue weighted by atomic mass is 10.0. The lowest BCUT2D eigenvalue weighted by Gasteiger charge is -2.06. The summed E-state index contributed by atoms with van der Waals surface area (Å²) in [6, 6.07) is 10.3. The Hall–Kier alpha value is -2.88. The van der Waals surface area contributed by atoms with E-state index < -0.39 is 0 Å². The first-order chi connectivity index (χ1) is 10.7. The predicted molar refractivity (Wildman–Crippen MR) is 89.3 cm³/mol. The molecule has 110 valence electrons. The van der Waals surface area contributed by atoms with Gasteiger partial charge in [-0.2, -0.15) is 0 Å². The number of nitrogens with one attached hydrogen (secondary N) is 1. The summed E-state index contributed by atoms with van der Waals surface area (Å²) in [6.45, 7) is 0. The second kappa shape index (κ2) is 5.85. The third-order valence-corrected chi connectivity index (χ3v) is 3.71. The summed E-state index contributed by atoms with van der Waals surface area (Å²) in [4.78, 5) is 15.6. The first-order valence-corrected chi connectivity index (χ1v) is 7.08. The maximum absolute atomic E-state index is 11.4. The molecule has 0 unspecified atom stereocenters. The number of rotatable bonds is 3. The smallest absolute Gasteiger partial charge is 0.243 e. The molecule has 4 nitrogen and oxygen atoms in total. The number of hydrogen-bond acceptors (Lipinski definition) is 2. The quantitative estimate of drug-likeness (QED) is 0.754. The highest BCUT2D eigenvalue weighted by Crippen LogP contribution is 2.27. The van der Waals surface area contributed by atoms with Gasteiger partial charge >= 0.3 is 0 Å². The highest BCUT2D eigenvalue weighted by atomic mass is 16.1. The van der Waals surface area contributed by atoms with Crippen molar-refractivity contribution in [1.82, 2.24) is 14.9 Å². The van der Waals surface area contributed by atoms with Crippen molar-refractivity contribution in [2.45, 2.75) is 0 Å². The standard InChI is InChI=1S/C18H17N3O/c1-19-18(22)6-4-13-7-9-20-12-16(13)14-3-5-17-15(11-14)8-10-21(17)2/h3-12H,1-2H3,(H,19,22)/b6-4+. The number of fused-ring (bicyclic) bond motifs is 1. The van der Waals surface area contributed by atoms with Gasteiger partial charge in [0.05, 0.1) is 0 Å². The third-order valence-electron chi connectivity index (χ3n) is 3.71. The molecule has 4 heteroatoms. The van der Waals surface area contributed by atoms with Crippen LogP contribution in [0, 0.1) is 0 Å². The van der Waals surface area contributed by atoms with Gasteiger partial charge in [0.15, 0.2) is 0 Å². The Bertz CT molecular complexity index is 862. The number of amides is 1. The molecule has 0 spiro atoms. The summed E-state index contributed by atoms with van der Waals surface area (Å²) in [5.74, 6) is -0.124. The van der Waals surface area contributed by atoms with E-state index in [0.717, 1.165) is 16.7 Å². The molecule has 0 fully saturated rings. The minimum absolute atomic E-state index is 0.124. The SMILES string of the molecule is CNC(=O)/C=C/c1ccncc1-c1ccc2c(ccn2C)c1. The number of carbonyl (C=O) groups excluding carboxylic acids is 1. The number of carbonyl (C=O) groups is 1. The van der Waals surface area contributed by atoms with Crippen LogP contribution in [0.15, 0.2) is 55.0 Å². The Morgan fingerprint density at radius 3 is 2.95 bits per heavy atom. The van der Waals surface area contributed by atoms with Gasteiger partial charge in [-0.15, -0.1) is 0 Å². The minimum atomic E-state index is -0.124. The largest absolute Gasteiger partial charge is 0.356 e. The average molecular weight is 291 g/mol. The molecule has 0 saturated carbocycles. The molecule has 3 rings (SSSR count). The Morgan fingerprint density at radius 2 is 2.14 bits per heavy atom. The van der Waals surface area contributed by atoms with Gasteiger partial charge in [-0.3, -0.25) is 9.78 Å². The van der Waals surface area contributed by atoms with E-state index in [0.29, 0.717) is 0 Å². The van der Waals surface area contributed by atoms with Gasteiger partial charge in [-0.25, -0.2) is 0 Å². The van der Waals surface area contributed by atoms with Crippen LogP contribution in [0.5, 0.6) is 0 Å². The summed E-state index contributed by atoms with van der Waals surface area (Å²) >= 11 is 0. The van der Waals surface area contributed by atoms with Crippen LogP contribution in [-0.2, 0) is 11.8 Å². The van der Waals surface area contributed by atoms with Crippen molar-refractivity contribution in [1.29, 1.82) is 0 Å². The van der Waals surface area contributed by atoms with Gasteiger partial charge in [-0.05, 0) is 41.5 Å². The summed E-state index contributed by atoms with van der Waals surface area (Å²) in [7, 11) is 3.65. The third kappa shape index (κ3) is 2.63. The zero-order valence-corrected chi connectivity index (χ0v) is 12.6. The molecule has 1 N–H and O–H groups in total. The van der Waals surface area contributed by atoms with E-state index in [-0.39, 0.29) is 5.91 Å². The molecular weight excluding hydrogens is 274 g/mol. The second-order valence-electron chi connectivity index (χ2n) is 5.11. The van der Waals surface area contributed by atoms with Crippen LogP contribution in [0.4, 0.5) is 0 Å². The fourth-order valence-corrected chi connectivity index (χ4v) is 2.49. The van der Waals surface area contributed by atoms with Crippen LogP contribution < -0.4 is 5.32 Å². The number of aryl methyl sites for hydroxylation is 1. The van der Waals surface area contributed by atoms with E-state index >= 15 is 0 Å². The molecular formula is C18H17N3O. The van der Waals surface area contributed by atoms with Crippen LogP contribution in [0.25, 0.3) is 28.1 Å². The van der Waals surface area contributed by atoms with Crippen LogP contribution in [-0.4, -0.2) is 22.5 Å². The number of pyridine rings is 1. The fraction of sp³-hybridized carbons (Fsp3) is 0.111. The highest BCUT2D eigenvalue weighted by molar-refractivity contribution is 5.93. The predicted octanol–water partition coefficient (Wildman–Crippen LogP) is 3.00. The maximum atomic E-state index is 11.4. The van der Waals surface area contributed by atoms with Gasteiger partial charge in [-0.1, -0.05) is 6.07 Å². The zero-order valence-electron chi connectivity index (χ0n) is 12.6. The fourth-order valence-electron chi connectivity index (χ4n) is 2.49. The van der Waals surface area contributed by atoms with Gasteiger partial charge in [0.1, 0.15) is 0 Å². The van der Waals surface area contributed by atoms with Crippen LogP contribution in [0.2, 0.25) is 0 Å². The second-order valence-corrected chi connectivity index (χ2v) is 5.11. The van der Waals surface area contributed by atoms with Crippen molar-refractivity contribution in [2.24, 2.45) is 7.05 Å². The van der Waals surface area contributed by atoms with E-state index in [2.05, 4.69) is 39.1 Å². The topological polar surface area (TPSA) is 46.9 Å². The van der Waals surface area contributed by atoms with E-state index in [4.69, 9.17) is 0 Å². The van der Waals surface area contributed by atoms with Gasteiger partial charge < -0.3 is 9.88 Å². The van der Waals surface area contributed by atoms with Crippen molar-refractivity contribution >= 4 is 22.9 Å². The van der Waals surface area contributed by atoms with Crippen LogP contribution in [0.1, 0.15) is 5.56 Å². The molecule has 1 aromatic carbocycles. The molecule has 0 atom stereocenters. The first-order valence-electron chi connectivity index (χ1n) is 7.08. The molecule has 22 heavy (non-hydrogen) atoms. The number of aromatic nitrogens is 2. The van der Waals surface area contributed by atoms with Crippen molar-refractivity contribution in [3.05, 3.63) is 60.6 Å². The minimum Gasteiger partial charge on any atom is -0.356 e. The van der Waals surface area contributed by atoms with Crippen molar-refractivity contribution < 1.29 is 4.79 Å². The van der Waals surface area contributed by atoms with Crippen molar-refractivity contribution in [2.75, 3.05) is 7.05 Å². The number of hydrogen-bond donors (Lipinski definition) is 1. The van der Waals surface area contributed by atoms with Gasteiger partial charge in [0.25, 0.3) is 0 Å². The molecule has 0 aliphatic rings. The highest BCUT2D eigenvalue weighted by Gasteiger charge is 2.06. The van der Waals surface area contributed by atoms with Gasteiger partial charge in [0.2, 0.25) is 5.91 Å². The number of nitrogens with zero attached hydrogens (tertiary/aromatic N) is 2. The van der Waals surface area contributed by atoms with E-state index in [1.807, 2.05) is 31.6 Å². The molecule has 3 aromatic rings. The zero-order chi connectivity index (χ0) is 15.5. The molecule has 0 aliphatic heterocycles. The lowest BCUT2D eigenvalue weighted by Crippen LogP contribution is -2.13. The van der Waals surface area contributed by atoms with Crippen molar-refractivity contribution in [3.63, 3.8) is 0 Å². The summed E-state index contributed by atoms with van der Waals surface area (Å²) in [5.41, 5.74) is 4.25. The molecule has 0 aliphatic carbocycles. The number of likely N-dealkylation sites (N-methyl/N-ethyl adjacent to an activating group) is 1. The summed E-state index contributed by atoms with van der Waals surface area (Å²) in [5, 5.41) is 3.76. The average Bonchev–Trinajstić information content (AvgIpc) is 2.93. The molecule has 2 aromatic heterocycles. The number of benzene rings is 1. The molecule has 2 heterocycles. The van der Waals surface area contributed by atoms with Gasteiger partial charge in [0, 0.05) is 55.2 Å². The van der Waals surface area contributed by atoms with E-state index in [1.54, 1.807) is 13.2 Å². The Balaban J connectivity index is 2.06. The summed E-state index contributed by atoms with van der Waals surface area (Å²) in [6.07, 6.45) is 8.94. The van der Waals surface area contributed by atoms with Crippen LogP contribution in [0.3, 0.4) is 0 Å². The van der Waals surface area contributed by atoms with Crippen molar-refractivity contribution in [3.8, 4) is 11.1 Å². The monoisotopic (exact) mass is 291 g/mol. The Labute approximate surface area is 129 Å². The molecule has 1 amide bonds. The summed E-state index contributed by atoms with van der Waals surface area (Å²) < 4.78 is 2.09. The molecule has 0 bridgehead atoms. The normalized spacial score (nSPS) is 11.2. The van der Waals surface area contributed by atoms with E-state index in [1.165, 1.54) is 17.0 Å². The molecule has 0 radical (unpaired) electrons. The molecule has 0 saturated heterocycles. The Kier molecular flexibility index (Phi) is 3.74. The van der Waals surface area contributed by atoms with E-state index in [9.17, 15) is 4.79 Å². The lowest BCUT2D eigenvalue weighted by molar-refractivity contribution is -0.115.